The van der Waals surface area contributed by atoms with Gasteiger partial charge in [-0.1, -0.05) is 11.6 Å². The van der Waals surface area contributed by atoms with Crippen LogP contribution in [0.4, 0.5) is 0 Å². The average molecular weight is 460 g/mol. The van der Waals surface area contributed by atoms with Crippen molar-refractivity contribution in [1.29, 1.82) is 0 Å². The Morgan fingerprint density at radius 2 is 2.12 bits per heavy atom. The smallest absolute Gasteiger partial charge is 0.328 e. The summed E-state index contributed by atoms with van der Waals surface area (Å²) in [6.45, 7) is 2.25. The minimum atomic E-state index is -1.17. The Labute approximate surface area is 189 Å². The second-order valence-corrected chi connectivity index (χ2v) is 8.99. The Morgan fingerprint density at radius 1 is 1.34 bits per heavy atom. The highest BCUT2D eigenvalue weighted by molar-refractivity contribution is 6.31. The van der Waals surface area contributed by atoms with E-state index in [9.17, 15) is 19.5 Å². The van der Waals surface area contributed by atoms with E-state index in [-0.39, 0.29) is 12.5 Å². The number of halogens is 1. The monoisotopic (exact) mass is 459 g/mol. The third-order valence-corrected chi connectivity index (χ3v) is 6.50. The van der Waals surface area contributed by atoms with Crippen molar-refractivity contribution in [3.63, 3.8) is 0 Å². The molecule has 2 N–H and O–H groups in total. The zero-order valence-electron chi connectivity index (χ0n) is 18.0. The highest BCUT2D eigenvalue weighted by atomic mass is 35.5. The van der Waals surface area contributed by atoms with Crippen LogP contribution < -0.4 is 11.2 Å². The van der Waals surface area contributed by atoms with E-state index in [0.717, 1.165) is 16.9 Å². The van der Waals surface area contributed by atoms with Gasteiger partial charge in [0.1, 0.15) is 5.82 Å². The fourth-order valence-corrected chi connectivity index (χ4v) is 4.48. The van der Waals surface area contributed by atoms with Crippen molar-refractivity contribution in [3.05, 3.63) is 62.1 Å². The number of amides is 1. The molecule has 32 heavy (non-hydrogen) atoms. The number of carbonyl (C=O) groups excluding carboxylic acids is 1. The molecule has 1 aromatic carbocycles. The molecule has 0 radical (unpaired) electrons. The average Bonchev–Trinajstić information content (AvgIpc) is 3.03. The number of aromatic amines is 1. The lowest BCUT2D eigenvalue weighted by atomic mass is 9.88. The fraction of sp³-hybridized carbons (Fsp3) is 0.455. The standard InChI is InChI=1S/C22H26ClN5O4/c1-22(32)9-11-27(13-17(22)28-10-8-19(29)25-21(28)31)20(30)5-3-4-18-24-15-12-14(23)6-7-16(15)26(18)2/h6-8,10,12,17,32H,3-5,9,11,13H2,1-2H3,(H,25,29,31)/t17-,22-/m1/s1. The molecule has 0 spiro atoms. The third-order valence-electron chi connectivity index (χ3n) is 6.27. The molecule has 170 valence electrons. The van der Waals surface area contributed by atoms with Gasteiger partial charge < -0.3 is 14.6 Å². The van der Waals surface area contributed by atoms with E-state index in [0.29, 0.717) is 37.3 Å². The first-order valence-corrected chi connectivity index (χ1v) is 11.0. The number of carbonyl (C=O) groups is 1. The molecule has 4 rings (SSSR count). The molecule has 0 saturated carbocycles. The Balaban J connectivity index is 1.42. The predicted molar refractivity (Wildman–Crippen MR) is 121 cm³/mol. The molecule has 9 nitrogen and oxygen atoms in total. The zero-order chi connectivity index (χ0) is 23.0. The van der Waals surface area contributed by atoms with Crippen molar-refractivity contribution < 1.29 is 9.90 Å². The number of rotatable bonds is 5. The summed E-state index contributed by atoms with van der Waals surface area (Å²) in [4.78, 5) is 45.0. The molecule has 0 unspecified atom stereocenters. The van der Waals surface area contributed by atoms with Crippen LogP contribution in [0, 0.1) is 0 Å². The number of aryl methyl sites for hydroxylation is 2. The molecule has 0 aliphatic carbocycles. The summed E-state index contributed by atoms with van der Waals surface area (Å²) in [7, 11) is 1.94. The molecule has 2 atom stereocenters. The van der Waals surface area contributed by atoms with Gasteiger partial charge in [-0.3, -0.25) is 19.1 Å². The minimum absolute atomic E-state index is 0.0372. The summed E-state index contributed by atoms with van der Waals surface area (Å²) >= 11 is 6.05. The molecule has 1 fully saturated rings. The number of H-pyrrole nitrogens is 1. The highest BCUT2D eigenvalue weighted by Crippen LogP contribution is 2.31. The van der Waals surface area contributed by atoms with Crippen molar-refractivity contribution in [1.82, 2.24) is 24.0 Å². The normalized spacial score (nSPS) is 21.2. The number of fused-ring (bicyclic) bond motifs is 1. The van der Waals surface area contributed by atoms with Crippen LogP contribution in [0.3, 0.4) is 0 Å². The van der Waals surface area contributed by atoms with Crippen LogP contribution in [0.25, 0.3) is 11.0 Å². The largest absolute Gasteiger partial charge is 0.388 e. The second kappa shape index (κ2) is 8.55. The molecule has 3 aromatic rings. The first-order chi connectivity index (χ1) is 15.2. The van der Waals surface area contributed by atoms with Gasteiger partial charge in [-0.15, -0.1) is 0 Å². The van der Waals surface area contributed by atoms with Gasteiger partial charge in [-0.2, -0.15) is 0 Å². The lowest BCUT2D eigenvalue weighted by molar-refractivity contribution is -0.138. The molecule has 10 heteroatoms. The van der Waals surface area contributed by atoms with Gasteiger partial charge in [-0.05, 0) is 38.0 Å². The van der Waals surface area contributed by atoms with Gasteiger partial charge in [0.15, 0.2) is 0 Å². The maximum absolute atomic E-state index is 12.9. The van der Waals surface area contributed by atoms with E-state index < -0.39 is 22.9 Å². The fourth-order valence-electron chi connectivity index (χ4n) is 4.31. The van der Waals surface area contributed by atoms with E-state index in [1.54, 1.807) is 11.8 Å². The van der Waals surface area contributed by atoms with Crippen LogP contribution in [0.15, 0.2) is 40.1 Å². The second-order valence-electron chi connectivity index (χ2n) is 8.55. The molecule has 0 bridgehead atoms. The number of piperidine rings is 1. The first-order valence-electron chi connectivity index (χ1n) is 10.6. The maximum Gasteiger partial charge on any atom is 0.328 e. The maximum atomic E-state index is 12.9. The van der Waals surface area contributed by atoms with Crippen LogP contribution in [-0.4, -0.2) is 53.7 Å². The molecule has 1 saturated heterocycles. The molecule has 3 heterocycles. The van der Waals surface area contributed by atoms with Crippen LogP contribution in [0.2, 0.25) is 5.02 Å². The quantitative estimate of drug-likeness (QED) is 0.602. The predicted octanol–water partition coefficient (Wildman–Crippen LogP) is 1.62. The van der Waals surface area contributed by atoms with E-state index in [1.807, 2.05) is 29.8 Å². The summed E-state index contributed by atoms with van der Waals surface area (Å²) < 4.78 is 3.30. The van der Waals surface area contributed by atoms with Gasteiger partial charge in [0.05, 0.1) is 22.7 Å². The number of aromatic nitrogens is 4. The topological polar surface area (TPSA) is 113 Å². The molecule has 1 aliphatic rings. The summed E-state index contributed by atoms with van der Waals surface area (Å²) in [5, 5.41) is 11.4. The number of aliphatic hydroxyl groups is 1. The Bertz CT molecular complexity index is 1280. The van der Waals surface area contributed by atoms with E-state index in [4.69, 9.17) is 11.6 Å². The number of hydrogen-bond donors (Lipinski definition) is 2. The zero-order valence-corrected chi connectivity index (χ0v) is 18.8. The van der Waals surface area contributed by atoms with Crippen molar-refractivity contribution >= 4 is 28.5 Å². The summed E-state index contributed by atoms with van der Waals surface area (Å²) in [5.41, 5.74) is -0.456. The molecule has 1 aliphatic heterocycles. The van der Waals surface area contributed by atoms with Gasteiger partial charge in [0.2, 0.25) is 5.91 Å². The molecule has 2 aromatic heterocycles. The first kappa shape index (κ1) is 22.3. The summed E-state index contributed by atoms with van der Waals surface area (Å²) in [6.07, 6.45) is 3.30. The van der Waals surface area contributed by atoms with Crippen LogP contribution in [0.1, 0.15) is 38.1 Å². The summed E-state index contributed by atoms with van der Waals surface area (Å²) in [5.74, 6) is 0.846. The van der Waals surface area contributed by atoms with Gasteiger partial charge in [0.25, 0.3) is 5.56 Å². The van der Waals surface area contributed by atoms with Crippen molar-refractivity contribution in [3.8, 4) is 0 Å². The number of benzene rings is 1. The lowest BCUT2D eigenvalue weighted by Gasteiger charge is -2.43. The molecule has 1 amide bonds. The third kappa shape index (κ3) is 4.35. The van der Waals surface area contributed by atoms with E-state index >= 15 is 0 Å². The van der Waals surface area contributed by atoms with E-state index in [1.165, 1.54) is 16.8 Å². The van der Waals surface area contributed by atoms with Gasteiger partial charge >= 0.3 is 5.69 Å². The number of nitrogens with zero attached hydrogens (tertiary/aromatic N) is 4. The highest BCUT2D eigenvalue weighted by Gasteiger charge is 2.40. The van der Waals surface area contributed by atoms with Crippen LogP contribution in [-0.2, 0) is 18.3 Å². The Kier molecular flexibility index (Phi) is 5.96. The lowest BCUT2D eigenvalue weighted by Crippen LogP contribution is -2.54. The van der Waals surface area contributed by atoms with Crippen molar-refractivity contribution in [2.45, 2.75) is 44.2 Å². The molecular weight excluding hydrogens is 434 g/mol. The van der Waals surface area contributed by atoms with Crippen molar-refractivity contribution in [2.75, 3.05) is 13.1 Å². The SMILES string of the molecule is Cn1c(CCCC(=O)N2CC[C@@](C)(O)[C@H](n3ccc(=O)[nH]c3=O)C2)nc2cc(Cl)ccc21. The minimum Gasteiger partial charge on any atom is -0.388 e. The van der Waals surface area contributed by atoms with Crippen LogP contribution in [0.5, 0.6) is 0 Å². The Morgan fingerprint density at radius 3 is 2.88 bits per heavy atom. The van der Waals surface area contributed by atoms with Gasteiger partial charge in [-0.25, -0.2) is 9.78 Å². The van der Waals surface area contributed by atoms with Gasteiger partial charge in [0, 0.05) is 50.3 Å². The number of nitrogens with one attached hydrogen (secondary N) is 1. The number of likely N-dealkylation sites (tertiary alicyclic amines) is 1. The van der Waals surface area contributed by atoms with E-state index in [2.05, 4.69) is 9.97 Å². The van der Waals surface area contributed by atoms with Crippen LogP contribution >= 0.6 is 11.6 Å². The number of hydrogen-bond acceptors (Lipinski definition) is 5. The Hall–Kier alpha value is -2.91. The molecular formula is C22H26ClN5O4. The number of imidazole rings is 1. The summed E-state index contributed by atoms with van der Waals surface area (Å²) in [6, 6.07) is 6.17. The van der Waals surface area contributed by atoms with Crippen molar-refractivity contribution in [2.24, 2.45) is 7.05 Å².